The molecule has 0 saturated carbocycles. The molecule has 0 aromatic carbocycles. The van der Waals surface area contributed by atoms with E-state index in [0.717, 1.165) is 25.9 Å². The van der Waals surface area contributed by atoms with Gasteiger partial charge in [-0.15, -0.1) is 0 Å². The Kier molecular flexibility index (Phi) is 4.22. The fourth-order valence-corrected chi connectivity index (χ4v) is 2.94. The summed E-state index contributed by atoms with van der Waals surface area (Å²) in [5.74, 6) is -0.360. The largest absolute Gasteiger partial charge is 0.481 e. The average molecular weight is 254 g/mol. The molecule has 0 aliphatic carbocycles. The molecule has 2 aliphatic rings. The maximum Gasteiger partial charge on any atom is 0.308 e. The van der Waals surface area contributed by atoms with Crippen LogP contribution < -0.4 is 5.32 Å². The number of hydrogen-bond donors (Lipinski definition) is 2. The molecular formula is C13H22N2O3. The highest BCUT2D eigenvalue weighted by Crippen LogP contribution is 2.24. The van der Waals surface area contributed by atoms with E-state index in [-0.39, 0.29) is 17.7 Å². The molecule has 0 spiro atoms. The van der Waals surface area contributed by atoms with E-state index in [2.05, 4.69) is 5.32 Å². The standard InChI is InChI=1S/C13H22N2O3/c1-9-7-15(8-11(9)13(17)18)12(16)3-2-10-4-5-14-6-10/h9-11,14H,2-8H2,1H3,(H,17,18)/t9-,10?,11-/m1/s1. The lowest BCUT2D eigenvalue weighted by Gasteiger charge is -2.17. The molecule has 102 valence electrons. The molecule has 1 amide bonds. The number of likely N-dealkylation sites (tertiary alicyclic amines) is 1. The second kappa shape index (κ2) is 5.69. The highest BCUT2D eigenvalue weighted by Gasteiger charge is 2.36. The lowest BCUT2D eigenvalue weighted by molar-refractivity contribution is -0.142. The van der Waals surface area contributed by atoms with Crippen LogP contribution >= 0.6 is 0 Å². The predicted molar refractivity (Wildman–Crippen MR) is 67.1 cm³/mol. The number of nitrogens with one attached hydrogen (secondary N) is 1. The summed E-state index contributed by atoms with van der Waals surface area (Å²) in [7, 11) is 0. The van der Waals surface area contributed by atoms with Crippen LogP contribution in [0.5, 0.6) is 0 Å². The molecule has 18 heavy (non-hydrogen) atoms. The first kappa shape index (κ1) is 13.3. The summed E-state index contributed by atoms with van der Waals surface area (Å²) in [6.07, 6.45) is 2.64. The normalized spacial score (nSPS) is 31.8. The van der Waals surface area contributed by atoms with Gasteiger partial charge in [0.2, 0.25) is 5.91 Å². The lowest BCUT2D eigenvalue weighted by atomic mass is 9.99. The van der Waals surface area contributed by atoms with Gasteiger partial charge in [-0.2, -0.15) is 0 Å². The number of aliphatic carboxylic acids is 1. The van der Waals surface area contributed by atoms with Crippen LogP contribution in [0.15, 0.2) is 0 Å². The minimum atomic E-state index is -0.780. The summed E-state index contributed by atoms with van der Waals surface area (Å²) in [5, 5.41) is 12.3. The van der Waals surface area contributed by atoms with Crippen molar-refractivity contribution in [3.63, 3.8) is 0 Å². The zero-order valence-corrected chi connectivity index (χ0v) is 10.9. The molecule has 0 bridgehead atoms. The number of nitrogens with zero attached hydrogens (tertiary/aromatic N) is 1. The van der Waals surface area contributed by atoms with Gasteiger partial charge in [0.1, 0.15) is 0 Å². The highest BCUT2D eigenvalue weighted by atomic mass is 16.4. The first-order valence-electron chi connectivity index (χ1n) is 6.79. The third-order valence-electron chi connectivity index (χ3n) is 4.21. The maximum absolute atomic E-state index is 12.0. The highest BCUT2D eigenvalue weighted by molar-refractivity contribution is 5.79. The molecule has 0 aromatic rings. The third-order valence-corrected chi connectivity index (χ3v) is 4.21. The molecule has 2 saturated heterocycles. The van der Waals surface area contributed by atoms with Crippen LogP contribution in [-0.2, 0) is 9.59 Å². The SMILES string of the molecule is C[C@@H]1CN(C(=O)CCC2CCNC2)C[C@H]1C(=O)O. The Morgan fingerprint density at radius 2 is 2.17 bits per heavy atom. The minimum Gasteiger partial charge on any atom is -0.481 e. The van der Waals surface area contributed by atoms with E-state index in [0.29, 0.717) is 25.4 Å². The quantitative estimate of drug-likeness (QED) is 0.769. The monoisotopic (exact) mass is 254 g/mol. The van der Waals surface area contributed by atoms with Crippen LogP contribution in [0.4, 0.5) is 0 Å². The Morgan fingerprint density at radius 1 is 1.39 bits per heavy atom. The third kappa shape index (κ3) is 3.02. The van der Waals surface area contributed by atoms with Gasteiger partial charge in [0.25, 0.3) is 0 Å². The van der Waals surface area contributed by atoms with Crippen LogP contribution in [0.3, 0.4) is 0 Å². The Hall–Kier alpha value is -1.10. The first-order chi connectivity index (χ1) is 8.58. The van der Waals surface area contributed by atoms with Crippen molar-refractivity contribution in [1.82, 2.24) is 10.2 Å². The van der Waals surface area contributed by atoms with Crippen molar-refractivity contribution in [2.45, 2.75) is 26.2 Å². The Morgan fingerprint density at radius 3 is 2.72 bits per heavy atom. The van der Waals surface area contributed by atoms with Gasteiger partial charge in [0.05, 0.1) is 5.92 Å². The number of rotatable bonds is 4. The Bertz CT molecular complexity index is 326. The van der Waals surface area contributed by atoms with E-state index in [1.165, 1.54) is 0 Å². The van der Waals surface area contributed by atoms with Crippen molar-refractivity contribution in [2.75, 3.05) is 26.2 Å². The van der Waals surface area contributed by atoms with E-state index in [4.69, 9.17) is 5.11 Å². The van der Waals surface area contributed by atoms with Crippen LogP contribution in [-0.4, -0.2) is 48.1 Å². The minimum absolute atomic E-state index is 0.0691. The topological polar surface area (TPSA) is 69.6 Å². The van der Waals surface area contributed by atoms with E-state index >= 15 is 0 Å². The molecule has 1 unspecified atom stereocenters. The molecule has 0 radical (unpaired) electrons. The molecule has 2 aliphatic heterocycles. The number of carbonyl (C=O) groups excluding carboxylic acids is 1. The Balaban J connectivity index is 1.77. The number of carboxylic acids is 1. The second-order valence-electron chi connectivity index (χ2n) is 5.62. The van der Waals surface area contributed by atoms with Gasteiger partial charge in [-0.25, -0.2) is 0 Å². The molecular weight excluding hydrogens is 232 g/mol. The van der Waals surface area contributed by atoms with E-state index in [1.54, 1.807) is 4.90 Å². The molecule has 0 aromatic heterocycles. The van der Waals surface area contributed by atoms with Crippen molar-refractivity contribution in [2.24, 2.45) is 17.8 Å². The molecule has 2 rings (SSSR count). The van der Waals surface area contributed by atoms with Crippen molar-refractivity contribution in [3.05, 3.63) is 0 Å². The summed E-state index contributed by atoms with van der Waals surface area (Å²) in [4.78, 5) is 24.8. The predicted octanol–water partition coefficient (Wildman–Crippen LogP) is 0.555. The fourth-order valence-electron chi connectivity index (χ4n) is 2.94. The van der Waals surface area contributed by atoms with Crippen LogP contribution in [0.2, 0.25) is 0 Å². The molecule has 2 heterocycles. The van der Waals surface area contributed by atoms with Crippen LogP contribution in [0.1, 0.15) is 26.2 Å². The van der Waals surface area contributed by atoms with Gasteiger partial charge >= 0.3 is 5.97 Å². The molecule has 2 N–H and O–H groups in total. The maximum atomic E-state index is 12.0. The zero-order chi connectivity index (χ0) is 13.1. The van der Waals surface area contributed by atoms with Crippen molar-refractivity contribution in [3.8, 4) is 0 Å². The number of hydrogen-bond acceptors (Lipinski definition) is 3. The molecule has 5 nitrogen and oxygen atoms in total. The van der Waals surface area contributed by atoms with Crippen molar-refractivity contribution >= 4 is 11.9 Å². The summed E-state index contributed by atoms with van der Waals surface area (Å²) < 4.78 is 0. The lowest BCUT2D eigenvalue weighted by Crippen LogP contribution is -2.30. The average Bonchev–Trinajstić information content (AvgIpc) is 2.94. The summed E-state index contributed by atoms with van der Waals surface area (Å²) in [6.45, 7) is 4.96. The van der Waals surface area contributed by atoms with E-state index < -0.39 is 5.97 Å². The Labute approximate surface area is 108 Å². The van der Waals surface area contributed by atoms with Gasteiger partial charge in [0.15, 0.2) is 0 Å². The first-order valence-corrected chi connectivity index (χ1v) is 6.79. The summed E-state index contributed by atoms with van der Waals surface area (Å²) in [5.41, 5.74) is 0. The van der Waals surface area contributed by atoms with Gasteiger partial charge in [-0.3, -0.25) is 9.59 Å². The smallest absolute Gasteiger partial charge is 0.308 e. The van der Waals surface area contributed by atoms with Crippen LogP contribution in [0.25, 0.3) is 0 Å². The van der Waals surface area contributed by atoms with Crippen LogP contribution in [0, 0.1) is 17.8 Å². The summed E-state index contributed by atoms with van der Waals surface area (Å²) >= 11 is 0. The van der Waals surface area contributed by atoms with Crippen molar-refractivity contribution < 1.29 is 14.7 Å². The molecule has 2 fully saturated rings. The van der Waals surface area contributed by atoms with Gasteiger partial charge in [-0.1, -0.05) is 6.92 Å². The van der Waals surface area contributed by atoms with Gasteiger partial charge in [0, 0.05) is 19.5 Å². The fraction of sp³-hybridized carbons (Fsp3) is 0.846. The zero-order valence-electron chi connectivity index (χ0n) is 10.9. The number of amides is 1. The van der Waals surface area contributed by atoms with Crippen molar-refractivity contribution in [1.29, 1.82) is 0 Å². The van der Waals surface area contributed by atoms with Gasteiger partial charge < -0.3 is 15.3 Å². The van der Waals surface area contributed by atoms with E-state index in [9.17, 15) is 9.59 Å². The second-order valence-corrected chi connectivity index (χ2v) is 5.62. The number of carbonyl (C=O) groups is 2. The number of carboxylic acid groups (broad SMARTS) is 1. The van der Waals surface area contributed by atoms with E-state index in [1.807, 2.05) is 6.92 Å². The van der Waals surface area contributed by atoms with Gasteiger partial charge in [-0.05, 0) is 37.8 Å². The molecule has 3 atom stereocenters. The summed E-state index contributed by atoms with van der Waals surface area (Å²) in [6, 6.07) is 0. The molecule has 5 heteroatoms.